The van der Waals surface area contributed by atoms with Gasteiger partial charge in [0.1, 0.15) is 18.1 Å². The molecule has 1 aliphatic heterocycles. The van der Waals surface area contributed by atoms with Crippen molar-refractivity contribution in [2.45, 2.75) is 25.8 Å². The summed E-state index contributed by atoms with van der Waals surface area (Å²) in [6.07, 6.45) is 1.91. The minimum atomic E-state index is -0.0780. The molecule has 1 N–H and O–H groups in total. The summed E-state index contributed by atoms with van der Waals surface area (Å²) >= 11 is 3.42. The Morgan fingerprint density at radius 3 is 2.62 bits per heavy atom. The Labute approximate surface area is 162 Å². The molecule has 1 aromatic heterocycles. The number of nitrogens with zero attached hydrogens (tertiary/aromatic N) is 3. The van der Waals surface area contributed by atoms with Gasteiger partial charge in [0, 0.05) is 42.9 Å². The Bertz CT molecular complexity index is 717. The number of piperidine rings is 1. The average molecular weight is 421 g/mol. The smallest absolute Gasteiger partial charge is 0.272 e. The van der Waals surface area contributed by atoms with Gasteiger partial charge in [0.05, 0.1) is 0 Å². The molecule has 0 aliphatic carbocycles. The van der Waals surface area contributed by atoms with Crippen molar-refractivity contribution in [3.05, 3.63) is 46.2 Å². The van der Waals surface area contributed by atoms with E-state index < -0.39 is 0 Å². The topological polar surface area (TPSA) is 59.4 Å². The molecule has 0 radical (unpaired) electrons. The second kappa shape index (κ2) is 8.68. The molecule has 7 heteroatoms. The number of amides is 1. The maximum Gasteiger partial charge on any atom is 0.272 e. The van der Waals surface area contributed by atoms with Crippen LogP contribution in [0.3, 0.4) is 0 Å². The molecule has 1 saturated heterocycles. The molecule has 2 aromatic rings. The Morgan fingerprint density at radius 2 is 2.00 bits per heavy atom. The summed E-state index contributed by atoms with van der Waals surface area (Å²) in [4.78, 5) is 14.7. The molecule has 0 spiro atoms. The lowest BCUT2D eigenvalue weighted by Crippen LogP contribution is -2.45. The van der Waals surface area contributed by atoms with E-state index in [0.717, 1.165) is 48.4 Å². The van der Waals surface area contributed by atoms with Crippen LogP contribution >= 0.6 is 15.9 Å². The number of hydrogen-bond acceptors (Lipinski definition) is 4. The SMILES string of the molecule is Cc1cc(C(=O)NC2CCN(CCOc3ccc(Br)cc3)CC2)nn1C. The molecule has 0 unspecified atom stereocenters. The minimum Gasteiger partial charge on any atom is -0.492 e. The summed E-state index contributed by atoms with van der Waals surface area (Å²) in [6, 6.07) is 9.92. The fourth-order valence-corrected chi connectivity index (χ4v) is 3.32. The van der Waals surface area contributed by atoms with Crippen LogP contribution in [-0.4, -0.2) is 52.9 Å². The van der Waals surface area contributed by atoms with Gasteiger partial charge in [-0.2, -0.15) is 5.10 Å². The van der Waals surface area contributed by atoms with E-state index in [1.807, 2.05) is 44.3 Å². The number of aryl methyl sites for hydroxylation is 2. The summed E-state index contributed by atoms with van der Waals surface area (Å²) in [5.74, 6) is 0.812. The number of aromatic nitrogens is 2. The lowest BCUT2D eigenvalue weighted by atomic mass is 10.0. The van der Waals surface area contributed by atoms with Gasteiger partial charge >= 0.3 is 0 Å². The predicted molar refractivity (Wildman–Crippen MR) is 105 cm³/mol. The van der Waals surface area contributed by atoms with Gasteiger partial charge < -0.3 is 10.1 Å². The van der Waals surface area contributed by atoms with Crippen LogP contribution in [0, 0.1) is 6.92 Å². The van der Waals surface area contributed by atoms with Crippen molar-refractivity contribution in [1.82, 2.24) is 20.0 Å². The normalized spacial score (nSPS) is 15.8. The van der Waals surface area contributed by atoms with Crippen LogP contribution in [0.4, 0.5) is 0 Å². The van der Waals surface area contributed by atoms with Crippen LogP contribution in [0.25, 0.3) is 0 Å². The highest BCUT2D eigenvalue weighted by Gasteiger charge is 2.22. The van der Waals surface area contributed by atoms with Crippen LogP contribution in [0.15, 0.2) is 34.8 Å². The van der Waals surface area contributed by atoms with Gasteiger partial charge in [-0.15, -0.1) is 0 Å². The van der Waals surface area contributed by atoms with Gasteiger partial charge in [0.25, 0.3) is 5.91 Å². The van der Waals surface area contributed by atoms with Crippen LogP contribution in [-0.2, 0) is 7.05 Å². The molecule has 1 fully saturated rings. The number of ether oxygens (including phenoxy) is 1. The van der Waals surface area contributed by atoms with Crippen molar-refractivity contribution < 1.29 is 9.53 Å². The van der Waals surface area contributed by atoms with Crippen molar-refractivity contribution in [2.75, 3.05) is 26.2 Å². The van der Waals surface area contributed by atoms with Crippen LogP contribution in [0.2, 0.25) is 0 Å². The van der Waals surface area contributed by atoms with E-state index in [0.29, 0.717) is 12.3 Å². The third-order valence-electron chi connectivity index (χ3n) is 4.76. The van der Waals surface area contributed by atoms with E-state index in [-0.39, 0.29) is 11.9 Å². The Hall–Kier alpha value is -1.86. The molecule has 2 heterocycles. The number of rotatable bonds is 6. The number of carbonyl (C=O) groups is 1. The summed E-state index contributed by atoms with van der Waals surface area (Å²) in [7, 11) is 1.85. The lowest BCUT2D eigenvalue weighted by molar-refractivity contribution is 0.0899. The van der Waals surface area contributed by atoms with E-state index in [4.69, 9.17) is 4.74 Å². The van der Waals surface area contributed by atoms with E-state index >= 15 is 0 Å². The molecule has 1 aromatic carbocycles. The Morgan fingerprint density at radius 1 is 1.31 bits per heavy atom. The Balaban J connectivity index is 1.37. The number of carbonyl (C=O) groups excluding carboxylic acids is 1. The summed E-state index contributed by atoms with van der Waals surface area (Å²) in [6.45, 7) is 5.45. The van der Waals surface area contributed by atoms with Gasteiger partial charge in [0.2, 0.25) is 0 Å². The van der Waals surface area contributed by atoms with Gasteiger partial charge in [-0.05, 0) is 50.1 Å². The fourth-order valence-electron chi connectivity index (χ4n) is 3.06. The highest BCUT2D eigenvalue weighted by Crippen LogP contribution is 2.16. The minimum absolute atomic E-state index is 0.0780. The van der Waals surface area contributed by atoms with Crippen LogP contribution in [0.5, 0.6) is 5.75 Å². The maximum atomic E-state index is 12.3. The summed E-state index contributed by atoms with van der Waals surface area (Å²) in [5, 5.41) is 7.35. The summed E-state index contributed by atoms with van der Waals surface area (Å²) in [5.41, 5.74) is 1.48. The van der Waals surface area contributed by atoms with Gasteiger partial charge in [-0.25, -0.2) is 0 Å². The zero-order chi connectivity index (χ0) is 18.5. The first kappa shape index (κ1) is 18.9. The molecule has 6 nitrogen and oxygen atoms in total. The molecule has 0 bridgehead atoms. The standard InChI is InChI=1S/C19H25BrN4O2/c1-14-13-18(22-23(14)2)19(25)21-16-7-9-24(10-8-16)11-12-26-17-5-3-15(20)4-6-17/h3-6,13,16H,7-12H2,1-2H3,(H,21,25). The number of nitrogens with one attached hydrogen (secondary N) is 1. The average Bonchev–Trinajstić information content (AvgIpc) is 2.97. The predicted octanol–water partition coefficient (Wildman–Crippen LogP) is 2.76. The van der Waals surface area contributed by atoms with Crippen molar-refractivity contribution in [2.24, 2.45) is 7.05 Å². The largest absolute Gasteiger partial charge is 0.492 e. The van der Waals surface area contributed by atoms with Gasteiger partial charge in [-0.3, -0.25) is 14.4 Å². The number of benzene rings is 1. The van der Waals surface area contributed by atoms with Crippen molar-refractivity contribution in [3.8, 4) is 5.75 Å². The Kier molecular flexibility index (Phi) is 6.32. The number of likely N-dealkylation sites (tertiary alicyclic amines) is 1. The highest BCUT2D eigenvalue weighted by molar-refractivity contribution is 9.10. The molecule has 1 aliphatic rings. The van der Waals surface area contributed by atoms with Crippen molar-refractivity contribution in [3.63, 3.8) is 0 Å². The van der Waals surface area contributed by atoms with Crippen LogP contribution < -0.4 is 10.1 Å². The zero-order valence-corrected chi connectivity index (χ0v) is 16.8. The molecule has 26 heavy (non-hydrogen) atoms. The first-order valence-electron chi connectivity index (χ1n) is 8.93. The van der Waals surface area contributed by atoms with E-state index in [9.17, 15) is 4.79 Å². The van der Waals surface area contributed by atoms with E-state index in [2.05, 4.69) is 31.2 Å². The quantitative estimate of drug-likeness (QED) is 0.780. The highest BCUT2D eigenvalue weighted by atomic mass is 79.9. The monoisotopic (exact) mass is 420 g/mol. The molecule has 0 atom stereocenters. The second-order valence-corrected chi connectivity index (χ2v) is 7.60. The zero-order valence-electron chi connectivity index (χ0n) is 15.2. The maximum absolute atomic E-state index is 12.3. The number of hydrogen-bond donors (Lipinski definition) is 1. The second-order valence-electron chi connectivity index (χ2n) is 6.69. The molecular weight excluding hydrogens is 396 g/mol. The third kappa shape index (κ3) is 5.08. The van der Waals surface area contributed by atoms with Crippen LogP contribution in [0.1, 0.15) is 29.0 Å². The van der Waals surface area contributed by atoms with Crippen molar-refractivity contribution >= 4 is 21.8 Å². The fraction of sp³-hybridized carbons (Fsp3) is 0.474. The lowest BCUT2D eigenvalue weighted by Gasteiger charge is -2.32. The molecule has 1 amide bonds. The molecule has 0 saturated carbocycles. The van der Waals surface area contributed by atoms with E-state index in [1.165, 1.54) is 0 Å². The summed E-state index contributed by atoms with van der Waals surface area (Å²) < 4.78 is 8.56. The van der Waals surface area contributed by atoms with Gasteiger partial charge in [-0.1, -0.05) is 15.9 Å². The third-order valence-corrected chi connectivity index (χ3v) is 5.29. The number of halogens is 1. The molecular formula is C19H25BrN4O2. The first-order valence-corrected chi connectivity index (χ1v) is 9.73. The van der Waals surface area contributed by atoms with Gasteiger partial charge in [0.15, 0.2) is 0 Å². The first-order chi connectivity index (χ1) is 12.5. The van der Waals surface area contributed by atoms with E-state index in [1.54, 1.807) is 4.68 Å². The molecule has 140 valence electrons. The molecule has 3 rings (SSSR count). The van der Waals surface area contributed by atoms with Crippen molar-refractivity contribution in [1.29, 1.82) is 0 Å².